The lowest BCUT2D eigenvalue weighted by Crippen LogP contribution is -2.50. The minimum Gasteiger partial charge on any atom is -0.508 e. The molecule has 0 aliphatic rings. The van der Waals surface area contributed by atoms with E-state index >= 15 is 0 Å². The van der Waals surface area contributed by atoms with Crippen LogP contribution in [-0.4, -0.2) is 17.5 Å². The normalized spacial score (nSPS) is 13.8. The highest BCUT2D eigenvalue weighted by Crippen LogP contribution is 2.53. The Morgan fingerprint density at radius 2 is 1.28 bits per heavy atom. The Hall–Kier alpha value is -1.47. The molecule has 102 valence electrons. The quantitative estimate of drug-likeness (QED) is 0.769. The number of hydrogen-bond acceptors (Lipinski definition) is 1. The summed E-state index contributed by atoms with van der Waals surface area (Å²) in [6.07, 6.45) is -12.4. The van der Waals surface area contributed by atoms with Crippen LogP contribution in [0, 0.1) is 6.92 Å². The number of benzene rings is 1. The number of phenolic OH excluding ortho intramolecular Hbond substituents is 1. The van der Waals surface area contributed by atoms with Gasteiger partial charge in [0.05, 0.1) is 0 Å². The van der Waals surface area contributed by atoms with Gasteiger partial charge in [0, 0.05) is 5.56 Å². The first-order valence-corrected chi connectivity index (χ1v) is 4.53. The van der Waals surface area contributed by atoms with Crippen LogP contribution >= 0.6 is 0 Å². The van der Waals surface area contributed by atoms with E-state index < -0.39 is 29.3 Å². The SMILES string of the molecule is Cc1cc(O)cc(C(F)(C(F)(F)F)C(F)(F)F)c1. The molecule has 8 heteroatoms. The molecule has 0 bridgehead atoms. The smallest absolute Gasteiger partial charge is 0.435 e. The molecule has 1 aromatic carbocycles. The van der Waals surface area contributed by atoms with Crippen molar-refractivity contribution >= 4 is 0 Å². The maximum atomic E-state index is 13.5. The first kappa shape index (κ1) is 14.6. The molecule has 1 aromatic rings. The molecule has 0 aliphatic heterocycles. The lowest BCUT2D eigenvalue weighted by Gasteiger charge is -2.30. The van der Waals surface area contributed by atoms with E-state index in [1.165, 1.54) is 0 Å². The molecule has 18 heavy (non-hydrogen) atoms. The third kappa shape index (κ3) is 2.23. The fourth-order valence-corrected chi connectivity index (χ4v) is 1.45. The average Bonchev–Trinajstić information content (AvgIpc) is 2.11. The van der Waals surface area contributed by atoms with Crippen LogP contribution in [0.15, 0.2) is 18.2 Å². The van der Waals surface area contributed by atoms with Crippen molar-refractivity contribution in [3.8, 4) is 5.75 Å². The first-order chi connectivity index (χ1) is 7.89. The van der Waals surface area contributed by atoms with Crippen molar-refractivity contribution in [2.45, 2.75) is 24.9 Å². The number of phenols is 1. The molecule has 0 unspecified atom stereocenters. The molecule has 0 aliphatic carbocycles. The highest BCUT2D eigenvalue weighted by Gasteiger charge is 2.73. The average molecular weight is 276 g/mol. The van der Waals surface area contributed by atoms with E-state index in [2.05, 4.69) is 0 Å². The molecule has 0 spiro atoms. The summed E-state index contributed by atoms with van der Waals surface area (Å²) in [5, 5.41) is 8.99. The van der Waals surface area contributed by atoms with Crippen LogP contribution in [0.3, 0.4) is 0 Å². The molecule has 1 N–H and O–H groups in total. The summed E-state index contributed by atoms with van der Waals surface area (Å²) in [6, 6.07) is 1.41. The standard InChI is InChI=1S/C10H7F7O/c1-5-2-6(4-7(18)3-5)8(11,9(12,13)14)10(15,16)17/h2-4,18H,1H3. The Labute approximate surface area is 96.8 Å². The topological polar surface area (TPSA) is 20.2 Å². The van der Waals surface area contributed by atoms with Crippen molar-refractivity contribution in [3.05, 3.63) is 29.3 Å². The zero-order chi connectivity index (χ0) is 14.4. The van der Waals surface area contributed by atoms with Crippen molar-refractivity contribution < 1.29 is 35.8 Å². The van der Waals surface area contributed by atoms with Gasteiger partial charge in [-0.05, 0) is 24.6 Å². The van der Waals surface area contributed by atoms with E-state index in [0.29, 0.717) is 6.07 Å². The largest absolute Gasteiger partial charge is 0.508 e. The number of rotatable bonds is 1. The van der Waals surface area contributed by atoms with Crippen LogP contribution in [-0.2, 0) is 5.67 Å². The first-order valence-electron chi connectivity index (χ1n) is 4.53. The van der Waals surface area contributed by atoms with Gasteiger partial charge in [-0.3, -0.25) is 0 Å². The predicted octanol–water partition coefficient (Wildman–Crippen LogP) is 3.99. The second-order valence-electron chi connectivity index (χ2n) is 3.71. The lowest BCUT2D eigenvalue weighted by atomic mass is 9.92. The Morgan fingerprint density at radius 3 is 1.61 bits per heavy atom. The van der Waals surface area contributed by atoms with E-state index in [-0.39, 0.29) is 11.6 Å². The second kappa shape index (κ2) is 4.03. The van der Waals surface area contributed by atoms with Crippen molar-refractivity contribution in [1.29, 1.82) is 0 Å². The molecule has 0 amide bonds. The van der Waals surface area contributed by atoms with Crippen molar-refractivity contribution in [2.24, 2.45) is 0 Å². The van der Waals surface area contributed by atoms with Gasteiger partial charge in [-0.2, -0.15) is 26.3 Å². The summed E-state index contributed by atoms with van der Waals surface area (Å²) in [5.41, 5.74) is -7.33. The van der Waals surface area contributed by atoms with Crippen LogP contribution in [0.25, 0.3) is 0 Å². The summed E-state index contributed by atoms with van der Waals surface area (Å²) in [7, 11) is 0. The van der Waals surface area contributed by atoms with E-state index in [1.807, 2.05) is 0 Å². The van der Waals surface area contributed by atoms with Crippen molar-refractivity contribution in [1.82, 2.24) is 0 Å². The highest BCUT2D eigenvalue weighted by molar-refractivity contribution is 5.38. The number of aryl methyl sites for hydroxylation is 1. The van der Waals surface area contributed by atoms with E-state index in [9.17, 15) is 30.7 Å². The molecule has 0 saturated carbocycles. The summed E-state index contributed by atoms with van der Waals surface area (Å²) in [5.74, 6) is -0.875. The van der Waals surface area contributed by atoms with Crippen LogP contribution in [0.4, 0.5) is 30.7 Å². The Morgan fingerprint density at radius 1 is 0.833 bits per heavy atom. The van der Waals surface area contributed by atoms with Crippen molar-refractivity contribution in [2.75, 3.05) is 0 Å². The van der Waals surface area contributed by atoms with Gasteiger partial charge in [0.1, 0.15) is 5.75 Å². The third-order valence-electron chi connectivity index (χ3n) is 2.24. The zero-order valence-electron chi connectivity index (χ0n) is 8.83. The summed E-state index contributed by atoms with van der Waals surface area (Å²) in [6.45, 7) is 1.14. The van der Waals surface area contributed by atoms with E-state index in [1.54, 1.807) is 0 Å². The molecule has 0 fully saturated rings. The highest BCUT2D eigenvalue weighted by atomic mass is 19.4. The van der Waals surface area contributed by atoms with Gasteiger partial charge in [0.25, 0.3) is 0 Å². The van der Waals surface area contributed by atoms with Gasteiger partial charge in [0.15, 0.2) is 0 Å². The Bertz CT molecular complexity index is 412. The van der Waals surface area contributed by atoms with Gasteiger partial charge in [-0.25, -0.2) is 4.39 Å². The summed E-state index contributed by atoms with van der Waals surface area (Å²) < 4.78 is 87.8. The number of halogens is 7. The maximum absolute atomic E-state index is 13.5. The molecule has 0 radical (unpaired) electrons. The van der Waals surface area contributed by atoms with E-state index in [0.717, 1.165) is 13.0 Å². The van der Waals surface area contributed by atoms with Gasteiger partial charge < -0.3 is 5.11 Å². The zero-order valence-corrected chi connectivity index (χ0v) is 8.83. The number of aromatic hydroxyl groups is 1. The van der Waals surface area contributed by atoms with Crippen LogP contribution in [0.2, 0.25) is 0 Å². The van der Waals surface area contributed by atoms with Gasteiger partial charge in [-0.1, -0.05) is 6.07 Å². The predicted molar refractivity (Wildman–Crippen MR) is 47.7 cm³/mol. The van der Waals surface area contributed by atoms with E-state index in [4.69, 9.17) is 5.11 Å². The van der Waals surface area contributed by atoms with Crippen molar-refractivity contribution in [3.63, 3.8) is 0 Å². The van der Waals surface area contributed by atoms with Crippen LogP contribution in [0.5, 0.6) is 5.75 Å². The number of alkyl halides is 7. The van der Waals surface area contributed by atoms with Gasteiger partial charge in [-0.15, -0.1) is 0 Å². The van der Waals surface area contributed by atoms with Gasteiger partial charge in [0.2, 0.25) is 0 Å². The molecule has 1 nitrogen and oxygen atoms in total. The number of hydrogen-bond donors (Lipinski definition) is 1. The Balaban J connectivity index is 3.55. The van der Waals surface area contributed by atoms with Crippen LogP contribution in [0.1, 0.15) is 11.1 Å². The summed E-state index contributed by atoms with van der Waals surface area (Å²) in [4.78, 5) is 0. The lowest BCUT2D eigenvalue weighted by molar-refractivity contribution is -0.348. The molecule has 1 rings (SSSR count). The van der Waals surface area contributed by atoms with Crippen LogP contribution < -0.4 is 0 Å². The third-order valence-corrected chi connectivity index (χ3v) is 2.24. The fourth-order valence-electron chi connectivity index (χ4n) is 1.45. The van der Waals surface area contributed by atoms with Gasteiger partial charge >= 0.3 is 18.0 Å². The molecular formula is C10H7F7O. The molecule has 0 aromatic heterocycles. The summed E-state index contributed by atoms with van der Waals surface area (Å²) >= 11 is 0. The molecule has 0 heterocycles. The molecule has 0 atom stereocenters. The molecule has 0 saturated heterocycles. The minimum absolute atomic E-state index is 0.105. The Kier molecular flexibility index (Phi) is 3.27. The molecular weight excluding hydrogens is 269 g/mol. The fraction of sp³-hybridized carbons (Fsp3) is 0.400. The monoisotopic (exact) mass is 276 g/mol. The minimum atomic E-state index is -6.18. The second-order valence-corrected chi connectivity index (χ2v) is 3.71. The maximum Gasteiger partial charge on any atom is 0.435 e.